The second kappa shape index (κ2) is 12.2. The number of aromatic nitrogens is 1. The summed E-state index contributed by atoms with van der Waals surface area (Å²) < 4.78 is 0. The zero-order chi connectivity index (χ0) is 23.6. The molecule has 0 saturated heterocycles. The molecule has 1 aromatic carbocycles. The third kappa shape index (κ3) is 7.74. The summed E-state index contributed by atoms with van der Waals surface area (Å²) in [6.45, 7) is 8.16. The molecule has 1 heterocycles. The lowest BCUT2D eigenvalue weighted by Gasteiger charge is -2.37. The Bertz CT molecular complexity index is 928. The molecule has 0 bridgehead atoms. The molecule has 0 aliphatic heterocycles. The Morgan fingerprint density at radius 2 is 1.73 bits per heavy atom. The van der Waals surface area contributed by atoms with E-state index in [-0.39, 0.29) is 23.8 Å². The summed E-state index contributed by atoms with van der Waals surface area (Å²) in [5.41, 5.74) is 3.31. The Balaban J connectivity index is 1.50. The van der Waals surface area contributed by atoms with Crippen molar-refractivity contribution in [3.63, 3.8) is 0 Å². The number of benzene rings is 1. The minimum Gasteiger partial charge on any atom is -0.352 e. The standard InChI is InChI=1S/C27H36N4O2/c1-19(2)25-13-23(14-26(32)29-17-22-10-7-11-28-15-22)20(3)12-24(25)18-31-27(33)30-16-21-8-5-4-6-9-21/h4-12,15,19,23-25H,13-14,16-18H2,1-3H3,(H,29,32)(H2,30,31,33). The minimum absolute atomic E-state index is 0.0657. The number of hydrogen-bond acceptors (Lipinski definition) is 3. The number of nitrogens with zero attached hydrogens (tertiary/aromatic N) is 1. The van der Waals surface area contributed by atoms with Crippen molar-refractivity contribution in [2.24, 2.45) is 23.7 Å². The van der Waals surface area contributed by atoms with Gasteiger partial charge in [-0.3, -0.25) is 9.78 Å². The lowest BCUT2D eigenvalue weighted by Crippen LogP contribution is -2.41. The second-order valence-corrected chi connectivity index (χ2v) is 9.31. The van der Waals surface area contributed by atoms with Crippen molar-refractivity contribution < 1.29 is 9.59 Å². The van der Waals surface area contributed by atoms with E-state index in [1.165, 1.54) is 5.57 Å². The van der Waals surface area contributed by atoms with Gasteiger partial charge in [0.1, 0.15) is 0 Å². The number of carbonyl (C=O) groups excluding carboxylic acids is 2. The van der Waals surface area contributed by atoms with Crippen molar-refractivity contribution in [2.45, 2.75) is 46.7 Å². The maximum atomic E-state index is 12.6. The van der Waals surface area contributed by atoms with Crippen LogP contribution in [0.3, 0.4) is 0 Å². The molecule has 0 radical (unpaired) electrons. The van der Waals surface area contributed by atoms with E-state index in [4.69, 9.17) is 0 Å². The number of allylic oxidation sites excluding steroid dienone is 1. The van der Waals surface area contributed by atoms with Crippen LogP contribution in [0, 0.1) is 23.7 Å². The van der Waals surface area contributed by atoms with Crippen LogP contribution in [0.25, 0.3) is 0 Å². The Labute approximate surface area is 197 Å². The van der Waals surface area contributed by atoms with Crippen LogP contribution in [0.4, 0.5) is 4.79 Å². The minimum atomic E-state index is -0.149. The van der Waals surface area contributed by atoms with E-state index in [2.05, 4.69) is 47.8 Å². The second-order valence-electron chi connectivity index (χ2n) is 9.31. The molecule has 0 spiro atoms. The van der Waals surface area contributed by atoms with E-state index < -0.39 is 0 Å². The van der Waals surface area contributed by atoms with Crippen molar-refractivity contribution in [1.82, 2.24) is 20.9 Å². The van der Waals surface area contributed by atoms with Crippen LogP contribution in [0.2, 0.25) is 0 Å². The number of hydrogen-bond donors (Lipinski definition) is 3. The molecule has 1 aliphatic rings. The van der Waals surface area contributed by atoms with Gasteiger partial charge >= 0.3 is 6.03 Å². The van der Waals surface area contributed by atoms with Crippen molar-refractivity contribution in [2.75, 3.05) is 6.54 Å². The summed E-state index contributed by atoms with van der Waals surface area (Å²) in [4.78, 5) is 29.0. The Hall–Kier alpha value is -3.15. The van der Waals surface area contributed by atoms with Crippen LogP contribution in [0.15, 0.2) is 66.5 Å². The van der Waals surface area contributed by atoms with Gasteiger partial charge in [0.2, 0.25) is 5.91 Å². The molecule has 1 aliphatic carbocycles. The van der Waals surface area contributed by atoms with Crippen molar-refractivity contribution >= 4 is 11.9 Å². The molecule has 3 amide bonds. The van der Waals surface area contributed by atoms with Crippen LogP contribution in [0.5, 0.6) is 0 Å². The zero-order valence-corrected chi connectivity index (χ0v) is 19.9. The first-order valence-corrected chi connectivity index (χ1v) is 11.8. The van der Waals surface area contributed by atoms with Crippen molar-refractivity contribution in [3.05, 3.63) is 77.6 Å². The highest BCUT2D eigenvalue weighted by Crippen LogP contribution is 2.38. The van der Waals surface area contributed by atoms with Crippen LogP contribution in [0.1, 0.15) is 44.7 Å². The van der Waals surface area contributed by atoms with Gasteiger partial charge in [-0.15, -0.1) is 0 Å². The largest absolute Gasteiger partial charge is 0.352 e. The van der Waals surface area contributed by atoms with Gasteiger partial charge < -0.3 is 16.0 Å². The van der Waals surface area contributed by atoms with E-state index in [1.807, 2.05) is 42.5 Å². The average molecular weight is 449 g/mol. The van der Waals surface area contributed by atoms with E-state index in [9.17, 15) is 9.59 Å². The van der Waals surface area contributed by atoms with E-state index in [0.29, 0.717) is 37.9 Å². The highest BCUT2D eigenvalue weighted by molar-refractivity contribution is 5.76. The van der Waals surface area contributed by atoms with Crippen LogP contribution in [-0.2, 0) is 17.9 Å². The van der Waals surface area contributed by atoms with E-state index in [1.54, 1.807) is 12.4 Å². The fraction of sp³-hybridized carbons (Fsp3) is 0.444. The number of pyridine rings is 1. The highest BCUT2D eigenvalue weighted by Gasteiger charge is 2.32. The fourth-order valence-corrected chi connectivity index (χ4v) is 4.56. The third-order valence-corrected chi connectivity index (χ3v) is 6.52. The maximum Gasteiger partial charge on any atom is 0.315 e. The molecule has 3 rings (SSSR count). The SMILES string of the molecule is CC1=CC(CNC(=O)NCc2ccccc2)C(C(C)C)CC1CC(=O)NCc1cccnc1. The number of amides is 3. The fourth-order valence-electron chi connectivity index (χ4n) is 4.56. The van der Waals surface area contributed by atoms with Gasteiger partial charge in [-0.05, 0) is 54.2 Å². The molecule has 6 nitrogen and oxygen atoms in total. The summed E-state index contributed by atoms with van der Waals surface area (Å²) in [7, 11) is 0. The topological polar surface area (TPSA) is 83.1 Å². The third-order valence-electron chi connectivity index (χ3n) is 6.52. The Morgan fingerprint density at radius 1 is 1.00 bits per heavy atom. The van der Waals surface area contributed by atoms with Crippen LogP contribution >= 0.6 is 0 Å². The molecule has 3 unspecified atom stereocenters. The Morgan fingerprint density at radius 3 is 2.42 bits per heavy atom. The monoisotopic (exact) mass is 448 g/mol. The van der Waals surface area contributed by atoms with E-state index in [0.717, 1.165) is 17.5 Å². The van der Waals surface area contributed by atoms with Gasteiger partial charge in [0.25, 0.3) is 0 Å². The molecule has 2 aromatic rings. The summed E-state index contributed by atoms with van der Waals surface area (Å²) >= 11 is 0. The molecule has 3 atom stereocenters. The molecule has 1 aromatic heterocycles. The van der Waals surface area contributed by atoms with Gasteiger partial charge in [-0.1, -0.05) is 61.9 Å². The normalized spacial score (nSPS) is 20.1. The molecule has 6 heteroatoms. The lowest BCUT2D eigenvalue weighted by molar-refractivity contribution is -0.122. The summed E-state index contributed by atoms with van der Waals surface area (Å²) in [6.07, 6.45) is 7.21. The van der Waals surface area contributed by atoms with Gasteiger partial charge in [0.05, 0.1) is 0 Å². The summed E-state index contributed by atoms with van der Waals surface area (Å²) in [5.74, 6) is 1.45. The number of urea groups is 1. The molecule has 0 saturated carbocycles. The summed E-state index contributed by atoms with van der Waals surface area (Å²) in [6, 6.07) is 13.6. The first kappa shape index (κ1) is 24.5. The predicted octanol–water partition coefficient (Wildman–Crippen LogP) is 4.44. The summed E-state index contributed by atoms with van der Waals surface area (Å²) in [5, 5.41) is 8.99. The van der Waals surface area contributed by atoms with Crippen LogP contribution in [-0.4, -0.2) is 23.5 Å². The lowest BCUT2D eigenvalue weighted by atomic mass is 9.70. The van der Waals surface area contributed by atoms with Gasteiger partial charge in [0.15, 0.2) is 0 Å². The zero-order valence-electron chi connectivity index (χ0n) is 19.9. The van der Waals surface area contributed by atoms with Gasteiger partial charge in [-0.2, -0.15) is 0 Å². The highest BCUT2D eigenvalue weighted by atomic mass is 16.2. The van der Waals surface area contributed by atoms with Crippen molar-refractivity contribution in [1.29, 1.82) is 0 Å². The first-order valence-electron chi connectivity index (χ1n) is 11.8. The quantitative estimate of drug-likeness (QED) is 0.496. The Kier molecular flexibility index (Phi) is 9.04. The first-order chi connectivity index (χ1) is 15.9. The molecular formula is C27H36N4O2. The average Bonchev–Trinajstić information content (AvgIpc) is 2.82. The molecule has 176 valence electrons. The number of rotatable bonds is 9. The number of nitrogens with one attached hydrogen (secondary N) is 3. The predicted molar refractivity (Wildman–Crippen MR) is 131 cm³/mol. The van der Waals surface area contributed by atoms with Crippen molar-refractivity contribution in [3.8, 4) is 0 Å². The molecular weight excluding hydrogens is 412 g/mol. The van der Waals surface area contributed by atoms with Gasteiger partial charge in [-0.25, -0.2) is 4.79 Å². The van der Waals surface area contributed by atoms with Gasteiger partial charge in [0, 0.05) is 38.4 Å². The molecule has 3 N–H and O–H groups in total. The van der Waals surface area contributed by atoms with E-state index >= 15 is 0 Å². The maximum absolute atomic E-state index is 12.6. The molecule has 0 fully saturated rings. The smallest absolute Gasteiger partial charge is 0.315 e. The number of carbonyl (C=O) groups is 2. The van der Waals surface area contributed by atoms with Crippen LogP contribution < -0.4 is 16.0 Å². The molecule has 33 heavy (non-hydrogen) atoms.